The minimum absolute atomic E-state index is 0.145. The Balaban J connectivity index is 1.91. The van der Waals surface area contributed by atoms with E-state index >= 15 is 0 Å². The highest BCUT2D eigenvalue weighted by atomic mass is 14.6. The molecule has 90 valence electrons. The first-order chi connectivity index (χ1) is 8.33. The highest BCUT2D eigenvalue weighted by molar-refractivity contribution is 5.41. The van der Waals surface area contributed by atoms with Gasteiger partial charge in [-0.3, -0.25) is 0 Å². The van der Waals surface area contributed by atoms with Crippen LogP contribution in [0.15, 0.2) is 30.3 Å². The molecule has 0 unspecified atom stereocenters. The summed E-state index contributed by atoms with van der Waals surface area (Å²) < 4.78 is 0. The normalized spacial score (nSPS) is 26.5. The monoisotopic (exact) mass is 227 g/mol. The van der Waals surface area contributed by atoms with Gasteiger partial charge in [-0.05, 0) is 24.3 Å². The number of nitriles is 1. The van der Waals surface area contributed by atoms with E-state index in [9.17, 15) is 5.26 Å². The molecular formula is C16H21N. The highest BCUT2D eigenvalue weighted by Crippen LogP contribution is 2.56. The molecule has 1 saturated carbocycles. The van der Waals surface area contributed by atoms with E-state index in [4.69, 9.17) is 0 Å². The summed E-state index contributed by atoms with van der Waals surface area (Å²) in [6.07, 6.45) is 7.52. The van der Waals surface area contributed by atoms with Crippen LogP contribution in [0.4, 0.5) is 0 Å². The maximum Gasteiger partial charge on any atom is 0.0854 e. The smallest absolute Gasteiger partial charge is 0.0854 e. The molecule has 1 fully saturated rings. The van der Waals surface area contributed by atoms with E-state index < -0.39 is 0 Å². The zero-order chi connectivity index (χ0) is 12.1. The SMILES string of the molecule is CCCCCC[C@H]1C[C@]1(C#N)c1ccccc1. The minimum atomic E-state index is -0.145. The van der Waals surface area contributed by atoms with Crippen molar-refractivity contribution in [2.24, 2.45) is 5.92 Å². The maximum atomic E-state index is 9.43. The van der Waals surface area contributed by atoms with E-state index in [2.05, 4.69) is 25.1 Å². The van der Waals surface area contributed by atoms with E-state index in [0.29, 0.717) is 5.92 Å². The van der Waals surface area contributed by atoms with Gasteiger partial charge in [0.25, 0.3) is 0 Å². The Morgan fingerprint density at radius 1 is 1.24 bits per heavy atom. The van der Waals surface area contributed by atoms with Crippen LogP contribution in [-0.4, -0.2) is 0 Å². The Morgan fingerprint density at radius 3 is 2.65 bits per heavy atom. The molecule has 0 spiro atoms. The van der Waals surface area contributed by atoms with Crippen molar-refractivity contribution in [2.45, 2.75) is 50.9 Å². The topological polar surface area (TPSA) is 23.8 Å². The Hall–Kier alpha value is -1.29. The summed E-state index contributed by atoms with van der Waals surface area (Å²) in [5.41, 5.74) is 1.08. The second-order valence-electron chi connectivity index (χ2n) is 5.20. The van der Waals surface area contributed by atoms with Crippen LogP contribution in [0.3, 0.4) is 0 Å². The third-order valence-corrected chi connectivity index (χ3v) is 4.00. The summed E-state index contributed by atoms with van der Waals surface area (Å²) in [7, 11) is 0. The number of hydrogen-bond donors (Lipinski definition) is 0. The van der Waals surface area contributed by atoms with Gasteiger partial charge >= 0.3 is 0 Å². The van der Waals surface area contributed by atoms with E-state index in [1.807, 2.05) is 18.2 Å². The molecule has 1 aliphatic rings. The lowest BCUT2D eigenvalue weighted by molar-refractivity contribution is 0.571. The largest absolute Gasteiger partial charge is 0.197 e. The Labute approximate surface area is 104 Å². The Morgan fingerprint density at radius 2 is 2.00 bits per heavy atom. The fourth-order valence-corrected chi connectivity index (χ4v) is 2.79. The molecular weight excluding hydrogens is 206 g/mol. The van der Waals surface area contributed by atoms with Crippen LogP contribution in [0.5, 0.6) is 0 Å². The van der Waals surface area contributed by atoms with Crippen molar-refractivity contribution >= 4 is 0 Å². The molecule has 1 aromatic rings. The van der Waals surface area contributed by atoms with Crippen LogP contribution < -0.4 is 0 Å². The van der Waals surface area contributed by atoms with Gasteiger partial charge in [0.15, 0.2) is 0 Å². The van der Waals surface area contributed by atoms with Gasteiger partial charge in [0.05, 0.1) is 11.5 Å². The van der Waals surface area contributed by atoms with E-state index in [0.717, 1.165) is 6.42 Å². The standard InChI is InChI=1S/C16H21N/c1-2-3-4-6-11-15-12-16(15,13-17)14-9-7-5-8-10-14/h5,7-10,15H,2-4,6,11-12H2,1H3/t15-,16-/m0/s1. The van der Waals surface area contributed by atoms with E-state index in [1.54, 1.807) is 0 Å². The van der Waals surface area contributed by atoms with Gasteiger partial charge in [-0.25, -0.2) is 0 Å². The molecule has 0 aliphatic heterocycles. The van der Waals surface area contributed by atoms with E-state index in [-0.39, 0.29) is 5.41 Å². The first kappa shape index (κ1) is 12.2. The molecule has 0 amide bonds. The molecule has 0 N–H and O–H groups in total. The van der Waals surface area contributed by atoms with Crippen molar-refractivity contribution in [1.82, 2.24) is 0 Å². The predicted octanol–water partition coefficient (Wildman–Crippen LogP) is 4.44. The minimum Gasteiger partial charge on any atom is -0.197 e. The van der Waals surface area contributed by atoms with E-state index in [1.165, 1.54) is 37.7 Å². The second kappa shape index (κ2) is 5.36. The lowest BCUT2D eigenvalue weighted by Crippen LogP contribution is -2.06. The number of benzene rings is 1. The molecule has 0 radical (unpaired) electrons. The van der Waals surface area contributed by atoms with Crippen LogP contribution in [0, 0.1) is 17.2 Å². The number of rotatable bonds is 6. The summed E-state index contributed by atoms with van der Waals surface area (Å²) in [4.78, 5) is 0. The van der Waals surface area contributed by atoms with Crippen molar-refractivity contribution < 1.29 is 0 Å². The molecule has 17 heavy (non-hydrogen) atoms. The molecule has 1 aromatic carbocycles. The summed E-state index contributed by atoms with van der Waals surface area (Å²) in [6.45, 7) is 2.24. The van der Waals surface area contributed by atoms with Gasteiger partial charge in [-0.2, -0.15) is 5.26 Å². The van der Waals surface area contributed by atoms with Gasteiger partial charge in [-0.15, -0.1) is 0 Å². The highest BCUT2D eigenvalue weighted by Gasteiger charge is 2.55. The average molecular weight is 227 g/mol. The molecule has 0 saturated heterocycles. The summed E-state index contributed by atoms with van der Waals surface area (Å²) in [5.74, 6) is 0.603. The van der Waals surface area contributed by atoms with Gasteiger partial charge in [0.1, 0.15) is 0 Å². The number of nitrogens with zero attached hydrogens (tertiary/aromatic N) is 1. The lowest BCUT2D eigenvalue weighted by Gasteiger charge is -2.08. The maximum absolute atomic E-state index is 9.43. The number of unbranched alkanes of at least 4 members (excludes halogenated alkanes) is 3. The number of hydrogen-bond acceptors (Lipinski definition) is 1. The van der Waals surface area contributed by atoms with Crippen LogP contribution in [0.25, 0.3) is 0 Å². The summed E-state index contributed by atoms with van der Waals surface area (Å²) >= 11 is 0. The summed E-state index contributed by atoms with van der Waals surface area (Å²) in [6, 6.07) is 12.9. The first-order valence-electron chi connectivity index (χ1n) is 6.80. The Kier molecular flexibility index (Phi) is 3.84. The quantitative estimate of drug-likeness (QED) is 0.659. The van der Waals surface area contributed by atoms with Crippen LogP contribution in [0.2, 0.25) is 0 Å². The Bertz CT molecular complexity index is 390. The molecule has 2 atom stereocenters. The van der Waals surface area contributed by atoms with Gasteiger partial charge in [0, 0.05) is 0 Å². The third-order valence-electron chi connectivity index (χ3n) is 4.00. The van der Waals surface area contributed by atoms with Crippen molar-refractivity contribution in [3.8, 4) is 6.07 Å². The second-order valence-corrected chi connectivity index (χ2v) is 5.20. The van der Waals surface area contributed by atoms with Crippen molar-refractivity contribution in [2.75, 3.05) is 0 Å². The first-order valence-corrected chi connectivity index (χ1v) is 6.80. The fraction of sp³-hybridized carbons (Fsp3) is 0.562. The molecule has 0 aromatic heterocycles. The molecule has 1 aliphatic carbocycles. The van der Waals surface area contributed by atoms with Crippen LogP contribution in [0.1, 0.15) is 51.0 Å². The summed E-state index contributed by atoms with van der Waals surface area (Å²) in [5, 5.41) is 9.43. The van der Waals surface area contributed by atoms with Crippen molar-refractivity contribution in [1.29, 1.82) is 5.26 Å². The third kappa shape index (κ3) is 2.52. The fourth-order valence-electron chi connectivity index (χ4n) is 2.79. The molecule has 2 rings (SSSR count). The van der Waals surface area contributed by atoms with Gasteiger partial charge in [-0.1, -0.05) is 62.9 Å². The molecule has 0 heterocycles. The van der Waals surface area contributed by atoms with Gasteiger partial charge < -0.3 is 0 Å². The zero-order valence-corrected chi connectivity index (χ0v) is 10.7. The van der Waals surface area contributed by atoms with Crippen LogP contribution >= 0.6 is 0 Å². The predicted molar refractivity (Wildman–Crippen MR) is 70.6 cm³/mol. The molecule has 1 nitrogen and oxygen atoms in total. The van der Waals surface area contributed by atoms with Crippen molar-refractivity contribution in [3.63, 3.8) is 0 Å². The van der Waals surface area contributed by atoms with Gasteiger partial charge in [0.2, 0.25) is 0 Å². The molecule has 1 heteroatoms. The molecule has 0 bridgehead atoms. The van der Waals surface area contributed by atoms with Crippen molar-refractivity contribution in [3.05, 3.63) is 35.9 Å². The van der Waals surface area contributed by atoms with Crippen LogP contribution in [-0.2, 0) is 5.41 Å². The lowest BCUT2D eigenvalue weighted by atomic mass is 9.93. The zero-order valence-electron chi connectivity index (χ0n) is 10.7. The average Bonchev–Trinajstić information content (AvgIpc) is 3.11.